The van der Waals surface area contributed by atoms with E-state index in [9.17, 15) is 43.2 Å². The van der Waals surface area contributed by atoms with Crippen LogP contribution >= 0.6 is 0 Å². The van der Waals surface area contributed by atoms with Gasteiger partial charge in [-0.25, -0.2) is 24.0 Å². The molecule has 0 N–H and O–H groups in total. The zero-order valence-corrected chi connectivity index (χ0v) is 54.7. The zero-order valence-electron chi connectivity index (χ0n) is 53.7. The van der Waals surface area contributed by atoms with Crippen LogP contribution in [0.3, 0.4) is 0 Å². The van der Waals surface area contributed by atoms with Crippen LogP contribution in [0.5, 0.6) is 0 Å². The molecule has 3 aliphatic rings. The molecule has 94 heavy (non-hydrogen) atoms. The van der Waals surface area contributed by atoms with Gasteiger partial charge >= 0.3 is 53.7 Å². The van der Waals surface area contributed by atoms with E-state index < -0.39 is 173 Å². The van der Waals surface area contributed by atoms with Crippen LogP contribution in [-0.4, -0.2) is 174 Å². The molecule has 25 heteroatoms. The highest BCUT2D eigenvalue weighted by atomic mass is 28.3. The molecule has 0 bridgehead atoms. The standard InChI is InChI=1S/C69H78O24Si/c1-40-51(83-41(2)70)54(84-42(3)71)58(85-43(4)72)66(82-40)93-56-53(50(39-81-68(78)69(5,6)7)86-65(79-36-37-94(8,9)10)57(56)90-63(76)47-32-22-14-23-33-47)92-67-59(91-64(77)48-34-24-15-25-35-48)55(89-62(75)46-30-20-13-21-31-46)52(88-61(74)45-28-18-12-19-29-45)49(87-67)38-80-60(73)44-26-16-11-17-27-44/h11-35,40,49-59,65-67H,36-39H2,1-10H3/t40-,49+,50+,51+,52-,53+,54+,55-,56-,57+,58-,59+,65+,66-,67-/m0/s1. The van der Waals surface area contributed by atoms with Crippen molar-refractivity contribution in [1.29, 1.82) is 0 Å². The van der Waals surface area contributed by atoms with Crippen molar-refractivity contribution >= 4 is 61.8 Å². The van der Waals surface area contributed by atoms with Gasteiger partial charge in [0.2, 0.25) is 0 Å². The number of rotatable bonds is 24. The van der Waals surface area contributed by atoms with Gasteiger partial charge < -0.3 is 71.1 Å². The Morgan fingerprint density at radius 3 is 1.15 bits per heavy atom. The van der Waals surface area contributed by atoms with Crippen LogP contribution in [0.2, 0.25) is 25.7 Å². The molecule has 3 fully saturated rings. The van der Waals surface area contributed by atoms with Crippen LogP contribution in [0.25, 0.3) is 0 Å². The fraction of sp³-hybridized carbons (Fsp3) is 0.435. The topological polar surface area (TPSA) is 292 Å². The van der Waals surface area contributed by atoms with E-state index in [1.165, 1.54) is 67.6 Å². The van der Waals surface area contributed by atoms with Crippen molar-refractivity contribution in [2.75, 3.05) is 19.8 Å². The van der Waals surface area contributed by atoms with Crippen molar-refractivity contribution in [2.45, 2.75) is 166 Å². The number of benzene rings is 5. The summed E-state index contributed by atoms with van der Waals surface area (Å²) in [7, 11) is -1.96. The average Bonchev–Trinajstić information content (AvgIpc) is 0.762. The molecule has 3 aliphatic heterocycles. The number of hydrogen-bond donors (Lipinski definition) is 0. The Balaban J connectivity index is 1.37. The molecule has 8 rings (SSSR count). The summed E-state index contributed by atoms with van der Waals surface area (Å²) in [6.07, 6.45) is -26.9. The van der Waals surface area contributed by atoms with Crippen LogP contribution < -0.4 is 0 Å². The predicted molar refractivity (Wildman–Crippen MR) is 332 cm³/mol. The lowest BCUT2D eigenvalue weighted by molar-refractivity contribution is -0.384. The lowest BCUT2D eigenvalue weighted by Crippen LogP contribution is -2.69. The Labute approximate surface area is 544 Å². The normalized spacial score (nSPS) is 26.0. The zero-order chi connectivity index (χ0) is 67.9. The van der Waals surface area contributed by atoms with E-state index in [0.29, 0.717) is 6.04 Å². The molecule has 0 aliphatic carbocycles. The number of ether oxygens (including phenoxy) is 15. The Hall–Kier alpha value is -8.69. The summed E-state index contributed by atoms with van der Waals surface area (Å²) in [6.45, 7) is 14.2. The van der Waals surface area contributed by atoms with Gasteiger partial charge in [-0.1, -0.05) is 111 Å². The maximum Gasteiger partial charge on any atom is 0.338 e. The van der Waals surface area contributed by atoms with Gasteiger partial charge in [0.25, 0.3) is 0 Å². The SMILES string of the molecule is CC(=O)O[C@H]1[C@H](OC(C)=O)[C@H](O[C@@H]2[C@@H](OC(=O)c3ccccc3)[C@H](OCC[Si](C)(C)C)O[C@H](COC(=O)C(C)(C)C)[C@H]2O[C@@H]2O[C@H](COC(=O)c3ccccc3)[C@H](OC(=O)c3ccccc3)[C@H](OC(=O)c3ccccc3)[C@H]2OC(=O)c2ccccc2)O[C@@H](C)[C@H]1OC(C)=O. The van der Waals surface area contributed by atoms with E-state index in [4.69, 9.17) is 71.1 Å². The predicted octanol–water partition coefficient (Wildman–Crippen LogP) is 8.45. The Morgan fingerprint density at radius 1 is 0.383 bits per heavy atom. The lowest BCUT2D eigenvalue weighted by Gasteiger charge is -2.50. The van der Waals surface area contributed by atoms with Crippen molar-refractivity contribution in [3.63, 3.8) is 0 Å². The second-order valence-corrected chi connectivity index (χ2v) is 30.3. The lowest BCUT2D eigenvalue weighted by atomic mass is 9.94. The van der Waals surface area contributed by atoms with Gasteiger partial charge in [-0.05, 0) is 94.4 Å². The van der Waals surface area contributed by atoms with Gasteiger partial charge in [-0.15, -0.1) is 0 Å². The van der Waals surface area contributed by atoms with E-state index >= 15 is 0 Å². The van der Waals surface area contributed by atoms with Crippen LogP contribution in [0, 0.1) is 5.41 Å². The van der Waals surface area contributed by atoms with Gasteiger partial charge in [0.15, 0.2) is 61.6 Å². The maximum absolute atomic E-state index is 14.8. The van der Waals surface area contributed by atoms with Crippen molar-refractivity contribution in [3.8, 4) is 0 Å². The van der Waals surface area contributed by atoms with Crippen molar-refractivity contribution < 1.29 is 114 Å². The molecule has 15 atom stereocenters. The summed E-state index contributed by atoms with van der Waals surface area (Å²) in [5, 5.41) is 0. The third-order valence-corrected chi connectivity index (χ3v) is 16.6. The third-order valence-electron chi connectivity index (χ3n) is 14.9. The number of carbonyl (C=O) groups excluding carboxylic acids is 9. The van der Waals surface area contributed by atoms with Gasteiger partial charge in [0.1, 0.15) is 37.6 Å². The quantitative estimate of drug-likeness (QED) is 0.0318. The molecular formula is C69H78O24Si. The number of esters is 9. The van der Waals surface area contributed by atoms with E-state index in [0.717, 1.165) is 20.8 Å². The minimum atomic E-state index is -2.15. The third kappa shape index (κ3) is 19.5. The monoisotopic (exact) mass is 1320 g/mol. The molecule has 0 aromatic heterocycles. The summed E-state index contributed by atoms with van der Waals surface area (Å²) < 4.78 is 95.9. The molecule has 5 aromatic rings. The molecule has 0 spiro atoms. The molecule has 0 radical (unpaired) electrons. The minimum Gasteiger partial charge on any atom is -0.462 e. The van der Waals surface area contributed by atoms with Gasteiger partial charge in [0.05, 0.1) is 39.3 Å². The summed E-state index contributed by atoms with van der Waals surface area (Å²) in [5.74, 6) is -8.39. The van der Waals surface area contributed by atoms with Gasteiger partial charge in [0, 0.05) is 35.5 Å². The van der Waals surface area contributed by atoms with Crippen LogP contribution in [0.1, 0.15) is 100 Å². The highest BCUT2D eigenvalue weighted by Gasteiger charge is 2.60. The molecule has 24 nitrogen and oxygen atoms in total. The van der Waals surface area contributed by atoms with E-state index in [-0.39, 0.29) is 34.4 Å². The fourth-order valence-corrected chi connectivity index (χ4v) is 11.0. The fourth-order valence-electron chi connectivity index (χ4n) is 10.2. The van der Waals surface area contributed by atoms with E-state index in [1.54, 1.807) is 112 Å². The molecule has 0 unspecified atom stereocenters. The molecule has 3 heterocycles. The summed E-state index contributed by atoms with van der Waals surface area (Å²) in [4.78, 5) is 126. The smallest absolute Gasteiger partial charge is 0.338 e. The molecule has 502 valence electrons. The first-order chi connectivity index (χ1) is 44.7. The largest absolute Gasteiger partial charge is 0.462 e. The second kappa shape index (κ2) is 32.4. The summed E-state index contributed by atoms with van der Waals surface area (Å²) >= 11 is 0. The highest BCUT2D eigenvalue weighted by molar-refractivity contribution is 6.76. The van der Waals surface area contributed by atoms with Crippen molar-refractivity contribution in [1.82, 2.24) is 0 Å². The molecule has 0 saturated carbocycles. The van der Waals surface area contributed by atoms with Crippen LogP contribution in [-0.2, 0) is 90.2 Å². The Morgan fingerprint density at radius 2 is 0.713 bits per heavy atom. The highest BCUT2D eigenvalue weighted by Crippen LogP contribution is 2.40. The van der Waals surface area contributed by atoms with Crippen LogP contribution in [0.4, 0.5) is 0 Å². The van der Waals surface area contributed by atoms with Crippen LogP contribution in [0.15, 0.2) is 152 Å². The molecule has 0 amide bonds. The van der Waals surface area contributed by atoms with E-state index in [2.05, 4.69) is 19.6 Å². The summed E-state index contributed by atoms with van der Waals surface area (Å²) in [6, 6.07) is 39.1. The molecule has 5 aromatic carbocycles. The first kappa shape index (κ1) is 71.2. The first-order valence-electron chi connectivity index (χ1n) is 30.6. The second-order valence-electron chi connectivity index (χ2n) is 24.7. The van der Waals surface area contributed by atoms with Crippen molar-refractivity contribution in [2.24, 2.45) is 5.41 Å². The summed E-state index contributed by atoms with van der Waals surface area (Å²) in [5.41, 5.74) is -1.08. The van der Waals surface area contributed by atoms with Gasteiger partial charge in [-0.3, -0.25) is 19.2 Å². The number of carbonyl (C=O) groups is 9. The minimum absolute atomic E-state index is 0.0116. The van der Waals surface area contributed by atoms with Crippen molar-refractivity contribution in [3.05, 3.63) is 179 Å². The first-order valence-corrected chi connectivity index (χ1v) is 34.3. The van der Waals surface area contributed by atoms with E-state index in [1.807, 2.05) is 0 Å². The maximum atomic E-state index is 14.8. The Bertz CT molecular complexity index is 3380. The average molecular weight is 1320 g/mol. The van der Waals surface area contributed by atoms with Gasteiger partial charge in [-0.2, -0.15) is 0 Å². The Kier molecular flexibility index (Phi) is 24.6. The number of hydrogen-bond acceptors (Lipinski definition) is 24. The molecule has 3 saturated heterocycles. The molecular weight excluding hydrogens is 1240 g/mol.